The van der Waals surface area contributed by atoms with Gasteiger partial charge in [-0.25, -0.2) is 0 Å². The van der Waals surface area contributed by atoms with E-state index in [9.17, 15) is 9.59 Å². The molecular weight excluding hydrogens is 398 g/mol. The number of unbranched alkanes of at least 4 members (excludes halogenated alkanes) is 1. The average molecular weight is 426 g/mol. The van der Waals surface area contributed by atoms with Crippen LogP contribution in [0.3, 0.4) is 0 Å². The third-order valence-electron chi connectivity index (χ3n) is 4.91. The molecule has 158 valence electrons. The molecule has 0 saturated heterocycles. The number of thiazole rings is 1. The molecule has 30 heavy (non-hydrogen) atoms. The summed E-state index contributed by atoms with van der Waals surface area (Å²) in [5.41, 5.74) is 3.63. The number of rotatable bonds is 7. The summed E-state index contributed by atoms with van der Waals surface area (Å²) in [5, 5.41) is 0. The van der Waals surface area contributed by atoms with E-state index in [1.165, 1.54) is 24.0 Å². The number of aromatic nitrogens is 1. The van der Waals surface area contributed by atoms with Gasteiger partial charge in [0.2, 0.25) is 0 Å². The van der Waals surface area contributed by atoms with Crippen molar-refractivity contribution in [1.82, 2.24) is 4.57 Å². The fourth-order valence-corrected chi connectivity index (χ4v) is 4.23. The molecule has 0 unspecified atom stereocenters. The molecular formula is C23H27N3O3S. The van der Waals surface area contributed by atoms with Gasteiger partial charge in [0.05, 0.1) is 17.3 Å². The Morgan fingerprint density at radius 2 is 1.87 bits per heavy atom. The molecule has 0 N–H and O–H groups in total. The highest BCUT2D eigenvalue weighted by molar-refractivity contribution is 7.16. The maximum Gasteiger partial charge on any atom is 0.325 e. The van der Waals surface area contributed by atoms with Gasteiger partial charge in [0, 0.05) is 25.3 Å². The first-order valence-corrected chi connectivity index (χ1v) is 10.8. The molecule has 1 heterocycles. The molecule has 2 aromatic carbocycles. The number of anilines is 1. The quantitative estimate of drug-likeness (QED) is 0.536. The predicted molar refractivity (Wildman–Crippen MR) is 121 cm³/mol. The van der Waals surface area contributed by atoms with Gasteiger partial charge in [0.15, 0.2) is 4.80 Å². The minimum absolute atomic E-state index is 0.0104. The highest BCUT2D eigenvalue weighted by Gasteiger charge is 2.13. The van der Waals surface area contributed by atoms with Crippen LogP contribution in [0.1, 0.15) is 35.7 Å². The lowest BCUT2D eigenvalue weighted by atomic mass is 10.1. The number of carbonyl (C=O) groups is 2. The van der Waals surface area contributed by atoms with E-state index in [2.05, 4.69) is 24.0 Å². The van der Waals surface area contributed by atoms with Gasteiger partial charge in [-0.3, -0.25) is 9.59 Å². The molecule has 3 rings (SSSR count). The van der Waals surface area contributed by atoms with Crippen molar-refractivity contribution < 1.29 is 14.3 Å². The van der Waals surface area contributed by atoms with Crippen LogP contribution in [0.4, 0.5) is 5.69 Å². The van der Waals surface area contributed by atoms with Gasteiger partial charge in [-0.05, 0) is 54.8 Å². The SMILES string of the molecule is CCCCc1ccc2c(c1)sc(=NC(=O)c1ccc(N(C)C)cc1)n2CC(=O)OC. The molecule has 0 spiro atoms. The number of hydrogen-bond donors (Lipinski definition) is 0. The highest BCUT2D eigenvalue weighted by atomic mass is 32.1. The Morgan fingerprint density at radius 3 is 2.50 bits per heavy atom. The third kappa shape index (κ3) is 4.97. The Hall–Kier alpha value is -2.93. The first kappa shape index (κ1) is 21.8. The van der Waals surface area contributed by atoms with Gasteiger partial charge in [-0.2, -0.15) is 4.99 Å². The lowest BCUT2D eigenvalue weighted by Crippen LogP contribution is -2.22. The van der Waals surface area contributed by atoms with Crippen molar-refractivity contribution in [3.05, 3.63) is 58.4 Å². The van der Waals surface area contributed by atoms with E-state index in [-0.39, 0.29) is 18.4 Å². The molecule has 0 aliphatic heterocycles. The summed E-state index contributed by atoms with van der Waals surface area (Å²) in [6.07, 6.45) is 3.26. The van der Waals surface area contributed by atoms with Crippen molar-refractivity contribution in [3.8, 4) is 0 Å². The van der Waals surface area contributed by atoms with Crippen molar-refractivity contribution in [3.63, 3.8) is 0 Å². The second-order valence-electron chi connectivity index (χ2n) is 7.31. The van der Waals surface area contributed by atoms with E-state index in [0.29, 0.717) is 10.4 Å². The first-order valence-electron chi connectivity index (χ1n) is 9.98. The standard InChI is InChI=1S/C23H27N3O3S/c1-5-6-7-16-8-13-19-20(14-16)30-23(26(19)15-21(27)29-4)24-22(28)17-9-11-18(12-10-17)25(2)3/h8-14H,5-7,15H2,1-4H3. The average Bonchev–Trinajstić information content (AvgIpc) is 3.08. The third-order valence-corrected chi connectivity index (χ3v) is 5.95. The molecule has 3 aromatic rings. The Kier molecular flexibility index (Phi) is 7.05. The van der Waals surface area contributed by atoms with Crippen LogP contribution in [-0.2, 0) is 22.5 Å². The number of esters is 1. The number of carbonyl (C=O) groups excluding carboxylic acids is 2. The van der Waals surface area contributed by atoms with Crippen molar-refractivity contribution in [1.29, 1.82) is 0 Å². The number of benzene rings is 2. The maximum atomic E-state index is 12.8. The summed E-state index contributed by atoms with van der Waals surface area (Å²) >= 11 is 1.41. The summed E-state index contributed by atoms with van der Waals surface area (Å²) in [7, 11) is 5.25. The number of nitrogens with zero attached hydrogens (tertiary/aromatic N) is 3. The van der Waals surface area contributed by atoms with Crippen LogP contribution >= 0.6 is 11.3 Å². The number of ether oxygens (including phenoxy) is 1. The fraction of sp³-hybridized carbons (Fsp3) is 0.348. The van der Waals surface area contributed by atoms with Gasteiger partial charge < -0.3 is 14.2 Å². The van der Waals surface area contributed by atoms with Gasteiger partial charge in [-0.1, -0.05) is 30.7 Å². The van der Waals surface area contributed by atoms with Crippen molar-refractivity contribution >= 4 is 39.1 Å². The summed E-state index contributed by atoms with van der Waals surface area (Å²) < 4.78 is 7.60. The summed E-state index contributed by atoms with van der Waals surface area (Å²) in [6.45, 7) is 2.18. The molecule has 6 nitrogen and oxygen atoms in total. The Morgan fingerprint density at radius 1 is 1.13 bits per heavy atom. The van der Waals surface area contributed by atoms with Gasteiger partial charge in [0.1, 0.15) is 6.54 Å². The van der Waals surface area contributed by atoms with Crippen LogP contribution < -0.4 is 9.70 Å². The van der Waals surface area contributed by atoms with Crippen LogP contribution in [0.25, 0.3) is 10.2 Å². The molecule has 0 fully saturated rings. The topological polar surface area (TPSA) is 63.9 Å². The molecule has 0 aliphatic rings. The summed E-state index contributed by atoms with van der Waals surface area (Å²) in [6, 6.07) is 13.5. The zero-order valence-corrected chi connectivity index (χ0v) is 18.7. The van der Waals surface area contributed by atoms with Crippen LogP contribution in [0.2, 0.25) is 0 Å². The largest absolute Gasteiger partial charge is 0.468 e. The zero-order valence-electron chi connectivity index (χ0n) is 17.8. The van der Waals surface area contributed by atoms with Crippen molar-refractivity contribution in [2.45, 2.75) is 32.7 Å². The lowest BCUT2D eigenvalue weighted by Gasteiger charge is -2.11. The molecule has 0 radical (unpaired) electrons. The lowest BCUT2D eigenvalue weighted by molar-refractivity contribution is -0.141. The van der Waals surface area contributed by atoms with Crippen molar-refractivity contribution in [2.75, 3.05) is 26.1 Å². The molecule has 1 aromatic heterocycles. The van der Waals surface area contributed by atoms with Crippen molar-refractivity contribution in [2.24, 2.45) is 4.99 Å². The number of hydrogen-bond acceptors (Lipinski definition) is 5. The van der Waals surface area contributed by atoms with E-state index in [1.54, 1.807) is 16.7 Å². The van der Waals surface area contributed by atoms with Crippen LogP contribution in [-0.4, -0.2) is 37.6 Å². The predicted octanol–water partition coefficient (Wildman–Crippen LogP) is 4.03. The summed E-state index contributed by atoms with van der Waals surface area (Å²) in [4.78, 5) is 31.6. The molecule has 1 amide bonds. The van der Waals surface area contributed by atoms with Crippen LogP contribution in [0, 0.1) is 0 Å². The molecule has 0 atom stereocenters. The van der Waals surface area contributed by atoms with E-state index in [0.717, 1.165) is 35.2 Å². The second kappa shape index (κ2) is 9.71. The normalized spacial score (nSPS) is 11.7. The van der Waals surface area contributed by atoms with Gasteiger partial charge in [0.25, 0.3) is 5.91 Å². The van der Waals surface area contributed by atoms with Gasteiger partial charge in [-0.15, -0.1) is 0 Å². The second-order valence-corrected chi connectivity index (χ2v) is 8.32. The van der Waals surface area contributed by atoms with E-state index < -0.39 is 0 Å². The van der Waals surface area contributed by atoms with E-state index in [1.807, 2.05) is 37.2 Å². The van der Waals surface area contributed by atoms with Gasteiger partial charge >= 0.3 is 5.97 Å². The monoisotopic (exact) mass is 425 g/mol. The Balaban J connectivity index is 2.03. The molecule has 0 aliphatic carbocycles. The number of methoxy groups -OCH3 is 1. The Bertz CT molecular complexity index is 1110. The zero-order chi connectivity index (χ0) is 21.7. The first-order chi connectivity index (χ1) is 14.4. The highest BCUT2D eigenvalue weighted by Crippen LogP contribution is 2.21. The Labute approximate surface area is 180 Å². The minimum Gasteiger partial charge on any atom is -0.468 e. The molecule has 0 bridgehead atoms. The molecule has 7 heteroatoms. The van der Waals surface area contributed by atoms with E-state index >= 15 is 0 Å². The summed E-state index contributed by atoms with van der Waals surface area (Å²) in [5.74, 6) is -0.717. The molecule has 0 saturated carbocycles. The number of aryl methyl sites for hydroxylation is 1. The number of fused-ring (bicyclic) bond motifs is 1. The van der Waals surface area contributed by atoms with Crippen LogP contribution in [0.15, 0.2) is 47.5 Å². The smallest absolute Gasteiger partial charge is 0.325 e. The fourth-order valence-electron chi connectivity index (χ4n) is 3.14. The minimum atomic E-state index is -0.381. The number of amides is 1. The maximum absolute atomic E-state index is 12.8. The van der Waals surface area contributed by atoms with E-state index in [4.69, 9.17) is 4.74 Å². The van der Waals surface area contributed by atoms with Crippen LogP contribution in [0.5, 0.6) is 0 Å².